The van der Waals surface area contributed by atoms with Crippen molar-refractivity contribution < 1.29 is 22.7 Å². The number of alkyl halides is 3. The summed E-state index contributed by atoms with van der Waals surface area (Å²) in [5.74, 6) is 0.260. The molecule has 0 saturated carbocycles. The molecule has 1 amide bonds. The van der Waals surface area contributed by atoms with Gasteiger partial charge in [0, 0.05) is 32.4 Å². The maximum absolute atomic E-state index is 12.8. The first-order valence-electron chi connectivity index (χ1n) is 8.32. The highest BCUT2D eigenvalue weighted by Crippen LogP contribution is 2.34. The molecule has 0 bridgehead atoms. The van der Waals surface area contributed by atoms with Crippen molar-refractivity contribution in [2.75, 3.05) is 25.0 Å². The Balaban J connectivity index is 2.12. The minimum atomic E-state index is -4.49. The minimum absolute atomic E-state index is 0.0725. The van der Waals surface area contributed by atoms with Gasteiger partial charge >= 0.3 is 12.3 Å². The molecular formula is C17H23ClF3N3O2. The van der Waals surface area contributed by atoms with Crippen LogP contribution in [-0.4, -0.2) is 47.8 Å². The zero-order valence-corrected chi connectivity index (χ0v) is 16.0. The first kappa shape index (κ1) is 20.6. The molecular weight excluding hydrogens is 371 g/mol. The van der Waals surface area contributed by atoms with Gasteiger partial charge in [-0.3, -0.25) is 0 Å². The number of pyridine rings is 1. The first-order chi connectivity index (χ1) is 11.9. The zero-order valence-electron chi connectivity index (χ0n) is 15.2. The molecule has 0 unspecified atom stereocenters. The number of piperidine rings is 1. The fraction of sp³-hybridized carbons (Fsp3) is 0.647. The zero-order chi connectivity index (χ0) is 19.7. The predicted molar refractivity (Wildman–Crippen MR) is 93.5 cm³/mol. The fourth-order valence-corrected chi connectivity index (χ4v) is 3.08. The van der Waals surface area contributed by atoms with E-state index in [1.165, 1.54) is 0 Å². The van der Waals surface area contributed by atoms with E-state index in [-0.39, 0.29) is 16.9 Å². The van der Waals surface area contributed by atoms with E-state index in [4.69, 9.17) is 16.3 Å². The van der Waals surface area contributed by atoms with Crippen LogP contribution in [0.3, 0.4) is 0 Å². The number of carbonyl (C=O) groups excluding carboxylic acids is 1. The standard InChI is InChI=1S/C17H23ClF3N3O2/c1-16(2,3)26-15(25)24-7-5-6-12(10-24)23(4)14-13(18)8-11(9-22-14)17(19,20)21/h8-9,12H,5-7,10H2,1-4H3/t12-/m0/s1. The Bertz CT molecular complexity index is 662. The highest BCUT2D eigenvalue weighted by atomic mass is 35.5. The maximum atomic E-state index is 12.8. The third-order valence-corrected chi connectivity index (χ3v) is 4.36. The molecule has 1 atom stereocenters. The number of likely N-dealkylation sites (N-methyl/N-ethyl adjacent to an activating group) is 1. The van der Waals surface area contributed by atoms with E-state index >= 15 is 0 Å². The Morgan fingerprint density at radius 1 is 1.38 bits per heavy atom. The van der Waals surface area contributed by atoms with Gasteiger partial charge in [-0.25, -0.2) is 9.78 Å². The molecule has 146 valence electrons. The number of hydrogen-bond donors (Lipinski definition) is 0. The average molecular weight is 394 g/mol. The molecule has 2 heterocycles. The quantitative estimate of drug-likeness (QED) is 0.737. The van der Waals surface area contributed by atoms with Crippen LogP contribution < -0.4 is 4.90 Å². The highest BCUT2D eigenvalue weighted by molar-refractivity contribution is 6.33. The fourth-order valence-electron chi connectivity index (χ4n) is 2.78. The van der Waals surface area contributed by atoms with Gasteiger partial charge in [-0.1, -0.05) is 11.6 Å². The number of anilines is 1. The lowest BCUT2D eigenvalue weighted by atomic mass is 10.0. The number of halogens is 4. The molecule has 9 heteroatoms. The maximum Gasteiger partial charge on any atom is 0.417 e. The van der Waals surface area contributed by atoms with E-state index in [1.54, 1.807) is 37.6 Å². The van der Waals surface area contributed by atoms with E-state index in [0.29, 0.717) is 13.1 Å². The molecule has 1 aliphatic rings. The van der Waals surface area contributed by atoms with Crippen molar-refractivity contribution in [1.82, 2.24) is 9.88 Å². The van der Waals surface area contributed by atoms with Crippen molar-refractivity contribution in [3.8, 4) is 0 Å². The van der Waals surface area contributed by atoms with Gasteiger partial charge in [-0.05, 0) is 39.7 Å². The second kappa shape index (κ2) is 7.50. The molecule has 1 aromatic rings. The van der Waals surface area contributed by atoms with Gasteiger partial charge in [0.05, 0.1) is 10.6 Å². The summed E-state index contributed by atoms with van der Waals surface area (Å²) >= 11 is 6.03. The summed E-state index contributed by atoms with van der Waals surface area (Å²) in [4.78, 5) is 19.5. The predicted octanol–water partition coefficient (Wildman–Crippen LogP) is 4.59. The SMILES string of the molecule is CN(c1ncc(C(F)(F)F)cc1Cl)[C@H]1CCCN(C(=O)OC(C)(C)C)C1. The topological polar surface area (TPSA) is 45.7 Å². The molecule has 0 aromatic carbocycles. The van der Waals surface area contributed by atoms with E-state index in [1.807, 2.05) is 0 Å². The summed E-state index contributed by atoms with van der Waals surface area (Å²) in [5, 5.41) is -0.0725. The number of rotatable bonds is 2. The number of likely N-dealkylation sites (tertiary alicyclic amines) is 1. The summed E-state index contributed by atoms with van der Waals surface area (Å²) in [5.41, 5.74) is -1.48. The molecule has 1 fully saturated rings. The number of ether oxygens (including phenoxy) is 1. The number of aromatic nitrogens is 1. The third kappa shape index (κ3) is 5.16. The van der Waals surface area contributed by atoms with Crippen LogP contribution >= 0.6 is 11.6 Å². The molecule has 1 aromatic heterocycles. The molecule has 0 N–H and O–H groups in total. The van der Waals surface area contributed by atoms with Crippen molar-refractivity contribution >= 4 is 23.5 Å². The molecule has 26 heavy (non-hydrogen) atoms. The van der Waals surface area contributed by atoms with Crippen LogP contribution in [0, 0.1) is 0 Å². The van der Waals surface area contributed by atoms with Gasteiger partial charge in [-0.15, -0.1) is 0 Å². The number of nitrogens with zero attached hydrogens (tertiary/aromatic N) is 3. The van der Waals surface area contributed by atoms with Gasteiger partial charge < -0.3 is 14.5 Å². The van der Waals surface area contributed by atoms with E-state index in [0.717, 1.165) is 25.1 Å². The van der Waals surface area contributed by atoms with Crippen LogP contribution in [0.25, 0.3) is 0 Å². The Morgan fingerprint density at radius 3 is 2.58 bits per heavy atom. The lowest BCUT2D eigenvalue weighted by Gasteiger charge is -2.38. The van der Waals surface area contributed by atoms with Gasteiger partial charge in [0.15, 0.2) is 0 Å². The Morgan fingerprint density at radius 2 is 2.04 bits per heavy atom. The molecule has 0 aliphatic carbocycles. The summed E-state index contributed by atoms with van der Waals surface area (Å²) in [7, 11) is 1.71. The second-order valence-corrected chi connectivity index (χ2v) is 7.77. The second-order valence-electron chi connectivity index (χ2n) is 7.36. The summed E-state index contributed by atoms with van der Waals surface area (Å²) in [6.45, 7) is 6.36. The van der Waals surface area contributed by atoms with E-state index < -0.39 is 23.4 Å². The van der Waals surface area contributed by atoms with E-state index in [9.17, 15) is 18.0 Å². The Hall–Kier alpha value is -1.70. The smallest absolute Gasteiger partial charge is 0.417 e. The van der Waals surface area contributed by atoms with Gasteiger partial charge in [0.25, 0.3) is 0 Å². The van der Waals surface area contributed by atoms with Crippen molar-refractivity contribution in [1.29, 1.82) is 0 Å². The van der Waals surface area contributed by atoms with Gasteiger partial charge in [-0.2, -0.15) is 13.2 Å². The normalized spacial score (nSPS) is 18.6. The van der Waals surface area contributed by atoms with Crippen molar-refractivity contribution in [3.05, 3.63) is 22.8 Å². The summed E-state index contributed by atoms with van der Waals surface area (Å²) in [6, 6.07) is 0.757. The van der Waals surface area contributed by atoms with Crippen LogP contribution in [-0.2, 0) is 10.9 Å². The molecule has 2 rings (SSSR count). The number of carbonyl (C=O) groups is 1. The molecule has 0 radical (unpaired) electrons. The van der Waals surface area contributed by atoms with Crippen molar-refractivity contribution in [2.45, 2.75) is 51.4 Å². The van der Waals surface area contributed by atoms with Crippen molar-refractivity contribution in [2.24, 2.45) is 0 Å². The first-order valence-corrected chi connectivity index (χ1v) is 8.70. The number of amides is 1. The summed E-state index contributed by atoms with van der Waals surface area (Å²) in [6.07, 6.45) is -2.60. The van der Waals surface area contributed by atoms with Crippen molar-refractivity contribution in [3.63, 3.8) is 0 Å². The lowest BCUT2D eigenvalue weighted by molar-refractivity contribution is -0.137. The van der Waals surface area contributed by atoms with Crippen LogP contribution in [0.5, 0.6) is 0 Å². The minimum Gasteiger partial charge on any atom is -0.444 e. The van der Waals surface area contributed by atoms with Gasteiger partial charge in [0.1, 0.15) is 11.4 Å². The van der Waals surface area contributed by atoms with E-state index in [2.05, 4.69) is 4.98 Å². The van der Waals surface area contributed by atoms with Crippen LogP contribution in [0.1, 0.15) is 39.2 Å². The molecule has 1 saturated heterocycles. The third-order valence-electron chi connectivity index (χ3n) is 4.08. The van der Waals surface area contributed by atoms with Crippen LogP contribution in [0.2, 0.25) is 5.02 Å². The molecule has 1 aliphatic heterocycles. The lowest BCUT2D eigenvalue weighted by Crippen LogP contribution is -2.50. The summed E-state index contributed by atoms with van der Waals surface area (Å²) < 4.78 is 43.7. The Kier molecular flexibility index (Phi) is 5.95. The largest absolute Gasteiger partial charge is 0.444 e. The monoisotopic (exact) mass is 393 g/mol. The Labute approximate surface area is 156 Å². The number of hydrogen-bond acceptors (Lipinski definition) is 4. The van der Waals surface area contributed by atoms with Crippen LogP contribution in [0.15, 0.2) is 12.3 Å². The average Bonchev–Trinajstić information content (AvgIpc) is 2.52. The molecule has 5 nitrogen and oxygen atoms in total. The van der Waals surface area contributed by atoms with Crippen LogP contribution in [0.4, 0.5) is 23.8 Å². The van der Waals surface area contributed by atoms with Gasteiger partial charge in [0.2, 0.25) is 0 Å². The molecule has 0 spiro atoms. The highest BCUT2D eigenvalue weighted by Gasteiger charge is 2.33.